The number of piperidine rings is 1. The molecule has 1 saturated heterocycles. The van der Waals surface area contributed by atoms with Gasteiger partial charge in [-0.3, -0.25) is 4.99 Å². The van der Waals surface area contributed by atoms with E-state index >= 15 is 0 Å². The summed E-state index contributed by atoms with van der Waals surface area (Å²) in [5, 5.41) is 6.92. The van der Waals surface area contributed by atoms with Crippen molar-refractivity contribution in [3.8, 4) is 0 Å². The largest absolute Gasteiger partial charge is 0.465 e. The first-order valence-corrected chi connectivity index (χ1v) is 9.53. The lowest BCUT2D eigenvalue weighted by Crippen LogP contribution is -2.49. The lowest BCUT2D eigenvalue weighted by molar-refractivity contribution is 0.0600. The molecule has 27 heavy (non-hydrogen) atoms. The maximum absolute atomic E-state index is 11.5. The summed E-state index contributed by atoms with van der Waals surface area (Å²) in [5.41, 5.74) is 1.75. The van der Waals surface area contributed by atoms with E-state index in [0.29, 0.717) is 11.6 Å². The Morgan fingerprint density at radius 3 is 2.48 bits per heavy atom. The number of hydrogen-bond donors (Lipinski definition) is 2. The molecule has 0 aromatic heterocycles. The van der Waals surface area contributed by atoms with Crippen molar-refractivity contribution >= 4 is 35.9 Å². The molecule has 0 saturated carbocycles. The highest BCUT2D eigenvalue weighted by molar-refractivity contribution is 14.0. The second-order valence-corrected chi connectivity index (χ2v) is 6.70. The number of carbonyl (C=O) groups excluding carboxylic acids is 1. The highest BCUT2D eigenvalue weighted by Crippen LogP contribution is 2.10. The number of halogens is 1. The van der Waals surface area contributed by atoms with Gasteiger partial charge in [-0.2, -0.15) is 0 Å². The lowest BCUT2D eigenvalue weighted by Gasteiger charge is -2.32. The minimum Gasteiger partial charge on any atom is -0.465 e. The fourth-order valence-electron chi connectivity index (χ4n) is 3.26. The first-order chi connectivity index (χ1) is 12.7. The van der Waals surface area contributed by atoms with Crippen LogP contribution in [0.1, 0.15) is 42.1 Å². The lowest BCUT2D eigenvalue weighted by atomic mass is 10.1. The van der Waals surface area contributed by atoms with Crippen molar-refractivity contribution in [2.24, 2.45) is 4.99 Å². The van der Waals surface area contributed by atoms with Crippen LogP contribution >= 0.6 is 24.0 Å². The molecule has 1 heterocycles. The molecule has 0 bridgehead atoms. The highest BCUT2D eigenvalue weighted by atomic mass is 127. The van der Waals surface area contributed by atoms with Gasteiger partial charge in [0.1, 0.15) is 0 Å². The van der Waals surface area contributed by atoms with Gasteiger partial charge in [-0.1, -0.05) is 19.1 Å². The van der Waals surface area contributed by atoms with E-state index in [4.69, 9.17) is 4.74 Å². The van der Waals surface area contributed by atoms with Crippen LogP contribution in [-0.2, 0) is 11.2 Å². The topological polar surface area (TPSA) is 66.0 Å². The second-order valence-electron chi connectivity index (χ2n) is 6.70. The Morgan fingerprint density at radius 2 is 1.93 bits per heavy atom. The number of guanidine groups is 1. The van der Waals surface area contributed by atoms with E-state index in [9.17, 15) is 4.79 Å². The Bertz CT molecular complexity index is 584. The number of nitrogens with one attached hydrogen (secondary N) is 2. The van der Waals surface area contributed by atoms with Gasteiger partial charge in [0.25, 0.3) is 0 Å². The van der Waals surface area contributed by atoms with Crippen LogP contribution in [0.15, 0.2) is 29.3 Å². The fourth-order valence-corrected chi connectivity index (χ4v) is 3.26. The summed E-state index contributed by atoms with van der Waals surface area (Å²) in [6.45, 7) is 6.56. The number of benzene rings is 1. The normalized spacial score (nSPS) is 15.7. The molecule has 152 valence electrons. The molecule has 7 heteroatoms. The fraction of sp³-hybridized carbons (Fsp3) is 0.600. The molecule has 1 aromatic rings. The average Bonchev–Trinajstić information content (AvgIpc) is 2.68. The number of carbonyl (C=O) groups is 1. The monoisotopic (exact) mass is 488 g/mol. The van der Waals surface area contributed by atoms with Gasteiger partial charge < -0.3 is 20.3 Å². The number of esters is 1. The SMILES string of the molecule is CCCN1CCC(NC(=NC)NCCc2ccc(C(=O)OC)cc2)CC1.I. The van der Waals surface area contributed by atoms with Gasteiger partial charge in [0.2, 0.25) is 0 Å². The Kier molecular flexibility index (Phi) is 11.3. The van der Waals surface area contributed by atoms with Crippen LogP contribution in [0.25, 0.3) is 0 Å². The van der Waals surface area contributed by atoms with Gasteiger partial charge >= 0.3 is 5.97 Å². The van der Waals surface area contributed by atoms with Crippen molar-refractivity contribution in [1.29, 1.82) is 0 Å². The zero-order valence-electron chi connectivity index (χ0n) is 16.7. The number of likely N-dealkylation sites (tertiary alicyclic amines) is 1. The van der Waals surface area contributed by atoms with Crippen LogP contribution in [0.2, 0.25) is 0 Å². The minimum atomic E-state index is -0.302. The molecule has 0 radical (unpaired) electrons. The zero-order valence-corrected chi connectivity index (χ0v) is 19.0. The van der Waals surface area contributed by atoms with Gasteiger partial charge in [0, 0.05) is 32.7 Å². The number of rotatable bonds is 7. The third-order valence-corrected chi connectivity index (χ3v) is 4.77. The minimum absolute atomic E-state index is 0. The van der Waals surface area contributed by atoms with Crippen molar-refractivity contribution < 1.29 is 9.53 Å². The third kappa shape index (κ3) is 8.04. The first kappa shape index (κ1) is 23.7. The van der Waals surface area contributed by atoms with E-state index in [1.165, 1.54) is 25.6 Å². The van der Waals surface area contributed by atoms with Crippen molar-refractivity contribution in [2.45, 2.75) is 38.6 Å². The summed E-state index contributed by atoms with van der Waals surface area (Å²) >= 11 is 0. The van der Waals surface area contributed by atoms with Gasteiger partial charge in [-0.25, -0.2) is 4.79 Å². The van der Waals surface area contributed by atoms with Crippen LogP contribution in [0.3, 0.4) is 0 Å². The zero-order chi connectivity index (χ0) is 18.8. The van der Waals surface area contributed by atoms with E-state index in [0.717, 1.165) is 44.9 Å². The van der Waals surface area contributed by atoms with Gasteiger partial charge in [-0.15, -0.1) is 24.0 Å². The van der Waals surface area contributed by atoms with Crippen molar-refractivity contribution in [3.05, 3.63) is 35.4 Å². The molecular formula is C20H33IN4O2. The summed E-state index contributed by atoms with van der Waals surface area (Å²) in [6.07, 6.45) is 4.42. The highest BCUT2D eigenvalue weighted by Gasteiger charge is 2.19. The molecule has 1 aliphatic heterocycles. The van der Waals surface area contributed by atoms with E-state index < -0.39 is 0 Å². The number of ether oxygens (including phenoxy) is 1. The van der Waals surface area contributed by atoms with Crippen LogP contribution in [0.4, 0.5) is 0 Å². The second kappa shape index (κ2) is 12.9. The van der Waals surface area contributed by atoms with Crippen LogP contribution in [0.5, 0.6) is 0 Å². The molecule has 1 fully saturated rings. The van der Waals surface area contributed by atoms with Crippen molar-refractivity contribution in [3.63, 3.8) is 0 Å². The van der Waals surface area contributed by atoms with E-state index in [1.807, 2.05) is 19.2 Å². The van der Waals surface area contributed by atoms with Gasteiger partial charge in [0.05, 0.1) is 12.7 Å². The summed E-state index contributed by atoms with van der Waals surface area (Å²) in [5.74, 6) is 0.564. The predicted molar refractivity (Wildman–Crippen MR) is 121 cm³/mol. The Labute approximate surface area is 180 Å². The summed E-state index contributed by atoms with van der Waals surface area (Å²) in [6, 6.07) is 8.03. The van der Waals surface area contributed by atoms with Gasteiger partial charge in [0.15, 0.2) is 5.96 Å². The summed E-state index contributed by atoms with van der Waals surface area (Å²) in [4.78, 5) is 18.3. The molecule has 6 nitrogen and oxygen atoms in total. The van der Waals surface area contributed by atoms with Crippen LogP contribution in [-0.4, -0.2) is 63.2 Å². The quantitative estimate of drug-likeness (QED) is 0.268. The third-order valence-electron chi connectivity index (χ3n) is 4.77. The maximum Gasteiger partial charge on any atom is 0.337 e. The Hall–Kier alpha value is -1.35. The van der Waals surface area contributed by atoms with E-state index in [-0.39, 0.29) is 29.9 Å². The number of aliphatic imine (C=N–C) groups is 1. The van der Waals surface area contributed by atoms with E-state index in [1.54, 1.807) is 12.1 Å². The standard InChI is InChI=1S/C20H32N4O2.HI/c1-4-13-24-14-10-18(11-15-24)23-20(21-2)22-12-9-16-5-7-17(8-6-16)19(25)26-3;/h5-8,18H,4,9-15H2,1-3H3,(H2,21,22,23);1H. The van der Waals surface area contributed by atoms with Crippen molar-refractivity contribution in [1.82, 2.24) is 15.5 Å². The van der Waals surface area contributed by atoms with Crippen LogP contribution < -0.4 is 10.6 Å². The Balaban J connectivity index is 0.00000364. The molecule has 0 atom stereocenters. The van der Waals surface area contributed by atoms with Crippen molar-refractivity contribution in [2.75, 3.05) is 40.3 Å². The molecular weight excluding hydrogens is 455 g/mol. The van der Waals surface area contributed by atoms with Gasteiger partial charge in [-0.05, 0) is 49.9 Å². The number of nitrogens with zero attached hydrogens (tertiary/aromatic N) is 2. The number of hydrogen-bond acceptors (Lipinski definition) is 4. The molecule has 1 aliphatic rings. The molecule has 0 spiro atoms. The smallest absolute Gasteiger partial charge is 0.337 e. The molecule has 0 aliphatic carbocycles. The van der Waals surface area contributed by atoms with E-state index in [2.05, 4.69) is 27.4 Å². The molecule has 0 amide bonds. The molecule has 1 aromatic carbocycles. The molecule has 2 rings (SSSR count). The first-order valence-electron chi connectivity index (χ1n) is 9.53. The predicted octanol–water partition coefficient (Wildman–Crippen LogP) is 2.67. The maximum atomic E-state index is 11.5. The van der Waals surface area contributed by atoms with Crippen LogP contribution in [0, 0.1) is 0 Å². The summed E-state index contributed by atoms with van der Waals surface area (Å²) < 4.78 is 4.72. The molecule has 2 N–H and O–H groups in total. The summed E-state index contributed by atoms with van der Waals surface area (Å²) in [7, 11) is 3.21. The average molecular weight is 488 g/mol. The molecule has 0 unspecified atom stereocenters. The number of methoxy groups -OCH3 is 1. The Morgan fingerprint density at radius 1 is 1.26 bits per heavy atom.